The first-order valence-corrected chi connectivity index (χ1v) is 5.04. The summed E-state index contributed by atoms with van der Waals surface area (Å²) >= 11 is -2.18. The number of amides is 2. The number of nitrogens with two attached hydrogens (primary N) is 1. The Labute approximate surface area is 83.6 Å². The van der Waals surface area contributed by atoms with E-state index in [1.54, 1.807) is 24.3 Å². The summed E-state index contributed by atoms with van der Waals surface area (Å²) in [6, 6.07) is 5.86. The predicted octanol–water partition coefficient (Wildman–Crippen LogP) is 0.556. The Kier molecular flexibility index (Phi) is 3.61. The largest absolute Gasteiger partial charge is 0.772 e. The molecular formula is C8H9N2O3S-. The van der Waals surface area contributed by atoms with Gasteiger partial charge in [-0.25, -0.2) is 4.79 Å². The van der Waals surface area contributed by atoms with Crippen LogP contribution in [0.3, 0.4) is 0 Å². The lowest BCUT2D eigenvalue weighted by molar-refractivity contribution is 0.259. The quantitative estimate of drug-likeness (QED) is 0.718. The number of nitrogens with one attached hydrogen (secondary N) is 1. The average Bonchev–Trinajstić information content (AvgIpc) is 2.06. The molecule has 0 aliphatic rings. The number of para-hydroxylation sites is 1. The molecule has 1 atom stereocenters. The number of rotatable bonds is 3. The molecule has 1 aromatic carbocycles. The molecule has 0 saturated heterocycles. The molecule has 0 heterocycles. The fourth-order valence-corrected chi connectivity index (χ4v) is 1.53. The zero-order valence-corrected chi connectivity index (χ0v) is 8.04. The molecule has 1 aromatic rings. The highest BCUT2D eigenvalue weighted by Crippen LogP contribution is 2.15. The average molecular weight is 213 g/mol. The van der Waals surface area contributed by atoms with E-state index >= 15 is 0 Å². The molecule has 2 amide bonds. The second kappa shape index (κ2) is 4.73. The van der Waals surface area contributed by atoms with Crippen LogP contribution in [0.5, 0.6) is 0 Å². The van der Waals surface area contributed by atoms with Crippen molar-refractivity contribution in [3.63, 3.8) is 0 Å². The first-order chi connectivity index (χ1) is 6.59. The van der Waals surface area contributed by atoms with Gasteiger partial charge >= 0.3 is 6.03 Å². The van der Waals surface area contributed by atoms with Gasteiger partial charge in [-0.2, -0.15) is 0 Å². The molecule has 0 aliphatic heterocycles. The highest BCUT2D eigenvalue weighted by atomic mass is 32.2. The fraction of sp³-hybridized carbons (Fsp3) is 0.125. The number of anilines is 1. The molecule has 6 heteroatoms. The van der Waals surface area contributed by atoms with E-state index in [-0.39, 0.29) is 5.75 Å². The lowest BCUT2D eigenvalue weighted by atomic mass is 10.2. The first kappa shape index (κ1) is 10.7. The SMILES string of the molecule is NC(=O)Nc1ccccc1CS(=O)[O-]. The molecule has 0 radical (unpaired) electrons. The topological polar surface area (TPSA) is 95.2 Å². The minimum absolute atomic E-state index is 0.142. The molecule has 0 bridgehead atoms. The van der Waals surface area contributed by atoms with Crippen LogP contribution < -0.4 is 11.1 Å². The minimum atomic E-state index is -2.18. The zero-order chi connectivity index (χ0) is 10.6. The molecule has 76 valence electrons. The minimum Gasteiger partial charge on any atom is -0.772 e. The van der Waals surface area contributed by atoms with Crippen LogP contribution in [-0.4, -0.2) is 14.8 Å². The van der Waals surface area contributed by atoms with Gasteiger partial charge in [0.1, 0.15) is 0 Å². The highest BCUT2D eigenvalue weighted by Gasteiger charge is 2.02. The molecule has 0 aromatic heterocycles. The molecule has 0 saturated carbocycles. The van der Waals surface area contributed by atoms with Gasteiger partial charge in [-0.1, -0.05) is 29.3 Å². The van der Waals surface area contributed by atoms with E-state index in [0.717, 1.165) is 0 Å². The maximum absolute atomic E-state index is 10.6. The second-order valence-corrected chi connectivity index (χ2v) is 3.49. The van der Waals surface area contributed by atoms with Crippen molar-refractivity contribution in [3.8, 4) is 0 Å². The van der Waals surface area contributed by atoms with Crippen molar-refractivity contribution in [1.29, 1.82) is 0 Å². The van der Waals surface area contributed by atoms with Crippen molar-refractivity contribution >= 4 is 22.8 Å². The third-order valence-electron chi connectivity index (χ3n) is 1.55. The van der Waals surface area contributed by atoms with E-state index in [4.69, 9.17) is 5.73 Å². The molecule has 14 heavy (non-hydrogen) atoms. The Hall–Kier alpha value is -1.40. The van der Waals surface area contributed by atoms with Crippen molar-refractivity contribution in [2.45, 2.75) is 5.75 Å². The molecule has 1 unspecified atom stereocenters. The second-order valence-electron chi connectivity index (χ2n) is 2.59. The number of primary amides is 1. The van der Waals surface area contributed by atoms with Gasteiger partial charge in [-0.15, -0.1) is 0 Å². The predicted molar refractivity (Wildman–Crippen MR) is 52.3 cm³/mol. The Morgan fingerprint density at radius 2 is 2.14 bits per heavy atom. The fourth-order valence-electron chi connectivity index (χ4n) is 1.03. The molecule has 3 N–H and O–H groups in total. The van der Waals surface area contributed by atoms with E-state index < -0.39 is 17.1 Å². The van der Waals surface area contributed by atoms with Crippen LogP contribution in [0.25, 0.3) is 0 Å². The molecule has 0 aliphatic carbocycles. The summed E-state index contributed by atoms with van der Waals surface area (Å²) in [4.78, 5) is 10.6. The number of carbonyl (C=O) groups is 1. The van der Waals surface area contributed by atoms with Gasteiger partial charge in [0.05, 0.1) is 0 Å². The Balaban J connectivity index is 2.90. The standard InChI is InChI=1S/C8H10N2O3S/c9-8(11)10-7-4-2-1-3-6(7)5-14(12)13/h1-4H,5H2,(H,12,13)(H3,9,10,11)/p-1. The smallest absolute Gasteiger partial charge is 0.316 e. The van der Waals surface area contributed by atoms with E-state index in [0.29, 0.717) is 11.3 Å². The van der Waals surface area contributed by atoms with E-state index in [2.05, 4.69) is 5.32 Å². The van der Waals surface area contributed by atoms with Gasteiger partial charge in [0.15, 0.2) is 0 Å². The molecule has 0 spiro atoms. The third kappa shape index (κ3) is 3.15. The Bertz CT molecular complexity index is 332. The lowest BCUT2D eigenvalue weighted by Gasteiger charge is -2.10. The maximum atomic E-state index is 10.6. The van der Waals surface area contributed by atoms with Crippen molar-refractivity contribution in [2.24, 2.45) is 5.73 Å². The lowest BCUT2D eigenvalue weighted by Crippen LogP contribution is -2.20. The number of carbonyl (C=O) groups excluding carboxylic acids is 1. The molecule has 5 nitrogen and oxygen atoms in total. The van der Waals surface area contributed by atoms with Gasteiger partial charge in [0.2, 0.25) is 0 Å². The summed E-state index contributed by atoms with van der Waals surface area (Å²) in [5.41, 5.74) is 5.85. The van der Waals surface area contributed by atoms with Gasteiger partial charge in [-0.3, -0.25) is 4.21 Å². The van der Waals surface area contributed by atoms with Gasteiger partial charge in [0, 0.05) is 11.4 Å². The highest BCUT2D eigenvalue weighted by molar-refractivity contribution is 7.78. The molecular weight excluding hydrogens is 204 g/mol. The number of hydrogen-bond acceptors (Lipinski definition) is 3. The number of urea groups is 1. The van der Waals surface area contributed by atoms with Gasteiger partial charge < -0.3 is 15.6 Å². The van der Waals surface area contributed by atoms with Crippen LogP contribution in [0.15, 0.2) is 24.3 Å². The number of benzene rings is 1. The van der Waals surface area contributed by atoms with Crippen molar-refractivity contribution in [2.75, 3.05) is 5.32 Å². The first-order valence-electron chi connectivity index (χ1n) is 3.80. The third-order valence-corrected chi connectivity index (χ3v) is 2.10. The summed E-state index contributed by atoms with van der Waals surface area (Å²) in [7, 11) is 0. The van der Waals surface area contributed by atoms with Gasteiger partial charge in [-0.05, 0) is 11.6 Å². The van der Waals surface area contributed by atoms with Crippen molar-refractivity contribution in [3.05, 3.63) is 29.8 Å². The van der Waals surface area contributed by atoms with Crippen molar-refractivity contribution in [1.82, 2.24) is 0 Å². The summed E-state index contributed by atoms with van der Waals surface area (Å²) in [5, 5.41) is 2.34. The zero-order valence-electron chi connectivity index (χ0n) is 7.23. The summed E-state index contributed by atoms with van der Waals surface area (Å²) in [6.45, 7) is 0. The van der Waals surface area contributed by atoms with E-state index in [9.17, 15) is 13.6 Å². The van der Waals surface area contributed by atoms with Crippen LogP contribution in [0.2, 0.25) is 0 Å². The summed E-state index contributed by atoms with van der Waals surface area (Å²) < 4.78 is 20.9. The monoisotopic (exact) mass is 213 g/mol. The Morgan fingerprint density at radius 3 is 2.71 bits per heavy atom. The van der Waals surface area contributed by atoms with E-state index in [1.165, 1.54) is 0 Å². The molecule has 0 fully saturated rings. The number of hydrogen-bond donors (Lipinski definition) is 2. The molecule has 1 rings (SSSR count). The summed E-state index contributed by atoms with van der Waals surface area (Å²) in [5.74, 6) is -0.142. The summed E-state index contributed by atoms with van der Waals surface area (Å²) in [6.07, 6.45) is 0. The van der Waals surface area contributed by atoms with Crippen LogP contribution in [-0.2, 0) is 16.8 Å². The van der Waals surface area contributed by atoms with Crippen LogP contribution >= 0.6 is 0 Å². The Morgan fingerprint density at radius 1 is 1.50 bits per heavy atom. The normalized spacial score (nSPS) is 12.1. The van der Waals surface area contributed by atoms with Gasteiger partial charge in [0.25, 0.3) is 0 Å². The van der Waals surface area contributed by atoms with Crippen LogP contribution in [0, 0.1) is 0 Å². The van der Waals surface area contributed by atoms with E-state index in [1.807, 2.05) is 0 Å². The maximum Gasteiger partial charge on any atom is 0.316 e. The van der Waals surface area contributed by atoms with Crippen LogP contribution in [0.4, 0.5) is 10.5 Å². The van der Waals surface area contributed by atoms with Crippen molar-refractivity contribution < 1.29 is 13.6 Å². The van der Waals surface area contributed by atoms with Crippen LogP contribution in [0.1, 0.15) is 5.56 Å².